The zero-order chi connectivity index (χ0) is 16.3. The second-order valence-corrected chi connectivity index (χ2v) is 8.33. The molecule has 7 nitrogen and oxygen atoms in total. The zero-order valence-electron chi connectivity index (χ0n) is 13.4. The van der Waals surface area contributed by atoms with Gasteiger partial charge >= 0.3 is 0 Å². The van der Waals surface area contributed by atoms with Crippen molar-refractivity contribution in [2.45, 2.75) is 50.3 Å². The fraction of sp³-hybridized carbons (Fsp3) is 0.733. The Kier molecular flexibility index (Phi) is 5.01. The Morgan fingerprint density at radius 2 is 1.91 bits per heavy atom. The summed E-state index contributed by atoms with van der Waals surface area (Å²) < 4.78 is 31.7. The number of hydrogen-bond acceptors (Lipinski definition) is 6. The minimum absolute atomic E-state index is 0.124. The summed E-state index contributed by atoms with van der Waals surface area (Å²) in [5.74, 6) is 1.16. The van der Waals surface area contributed by atoms with Crippen LogP contribution in [0, 0.1) is 0 Å². The number of nitrogens with zero attached hydrogens (tertiary/aromatic N) is 3. The van der Waals surface area contributed by atoms with E-state index in [0.29, 0.717) is 31.4 Å². The second kappa shape index (κ2) is 7.00. The molecule has 2 aliphatic rings. The van der Waals surface area contributed by atoms with Crippen LogP contribution in [0.2, 0.25) is 0 Å². The van der Waals surface area contributed by atoms with Gasteiger partial charge in [-0.05, 0) is 32.1 Å². The van der Waals surface area contributed by atoms with Gasteiger partial charge in [-0.15, -0.1) is 0 Å². The van der Waals surface area contributed by atoms with Crippen LogP contribution in [0.5, 0.6) is 5.88 Å². The van der Waals surface area contributed by atoms with E-state index in [4.69, 9.17) is 4.74 Å². The summed E-state index contributed by atoms with van der Waals surface area (Å²) in [5.41, 5.74) is 0. The summed E-state index contributed by atoms with van der Waals surface area (Å²) in [6.07, 6.45) is 7.34. The Hall–Kier alpha value is -1.41. The standard InChI is InChI=1S/C15H24N4O3S/c1-2-11-22-15-14(16-7-8-17-15)18-12-5-9-19(10-6-12)23(20,21)13-3-4-13/h7-8,12-13H,2-6,9-11H2,1H3,(H,16,18). The van der Waals surface area contributed by atoms with Crippen molar-refractivity contribution in [2.24, 2.45) is 0 Å². The van der Waals surface area contributed by atoms with E-state index in [-0.39, 0.29) is 11.3 Å². The van der Waals surface area contributed by atoms with Crippen LogP contribution in [0.15, 0.2) is 12.4 Å². The molecule has 0 bridgehead atoms. The highest BCUT2D eigenvalue weighted by atomic mass is 32.2. The van der Waals surface area contributed by atoms with Crippen LogP contribution in [-0.4, -0.2) is 53.7 Å². The molecular formula is C15H24N4O3S. The fourth-order valence-corrected chi connectivity index (χ4v) is 4.63. The first-order valence-electron chi connectivity index (χ1n) is 8.30. The van der Waals surface area contributed by atoms with Crippen molar-refractivity contribution in [1.29, 1.82) is 0 Å². The van der Waals surface area contributed by atoms with Crippen molar-refractivity contribution in [3.8, 4) is 5.88 Å². The molecule has 1 saturated heterocycles. The smallest absolute Gasteiger partial charge is 0.257 e. The molecule has 0 aromatic carbocycles. The van der Waals surface area contributed by atoms with E-state index in [1.54, 1.807) is 16.7 Å². The van der Waals surface area contributed by atoms with E-state index in [2.05, 4.69) is 15.3 Å². The third-order valence-corrected chi connectivity index (χ3v) is 6.61. The Bertz CT molecular complexity index is 625. The quantitative estimate of drug-likeness (QED) is 0.812. The molecule has 2 heterocycles. The second-order valence-electron chi connectivity index (χ2n) is 6.12. The molecule has 1 saturated carbocycles. The number of ether oxygens (including phenoxy) is 1. The Balaban J connectivity index is 1.56. The molecule has 0 radical (unpaired) electrons. The van der Waals surface area contributed by atoms with E-state index in [1.807, 2.05) is 6.92 Å². The zero-order valence-corrected chi connectivity index (χ0v) is 14.3. The van der Waals surface area contributed by atoms with Crippen molar-refractivity contribution >= 4 is 15.8 Å². The normalized spacial score (nSPS) is 20.4. The van der Waals surface area contributed by atoms with Gasteiger partial charge in [-0.2, -0.15) is 0 Å². The molecule has 2 fully saturated rings. The highest BCUT2D eigenvalue weighted by Gasteiger charge is 2.41. The van der Waals surface area contributed by atoms with E-state index in [0.717, 1.165) is 32.1 Å². The average Bonchev–Trinajstić information content (AvgIpc) is 3.40. The molecule has 3 rings (SSSR count). The molecule has 8 heteroatoms. The predicted molar refractivity (Wildman–Crippen MR) is 88.0 cm³/mol. The van der Waals surface area contributed by atoms with Gasteiger partial charge in [0.25, 0.3) is 5.88 Å². The van der Waals surface area contributed by atoms with Crippen molar-refractivity contribution in [3.05, 3.63) is 12.4 Å². The number of anilines is 1. The van der Waals surface area contributed by atoms with Gasteiger partial charge in [0.15, 0.2) is 5.82 Å². The lowest BCUT2D eigenvalue weighted by molar-refractivity contribution is 0.302. The molecule has 0 unspecified atom stereocenters. The van der Waals surface area contributed by atoms with Crippen LogP contribution in [0.3, 0.4) is 0 Å². The van der Waals surface area contributed by atoms with Crippen LogP contribution < -0.4 is 10.1 Å². The van der Waals surface area contributed by atoms with Crippen LogP contribution in [0.4, 0.5) is 5.82 Å². The minimum atomic E-state index is -3.05. The summed E-state index contributed by atoms with van der Waals surface area (Å²) in [6.45, 7) is 3.79. The average molecular weight is 340 g/mol. The van der Waals surface area contributed by atoms with Crippen molar-refractivity contribution in [1.82, 2.24) is 14.3 Å². The Labute approximate surface area is 137 Å². The number of hydrogen-bond donors (Lipinski definition) is 1. The Morgan fingerprint density at radius 1 is 1.22 bits per heavy atom. The lowest BCUT2D eigenvalue weighted by Gasteiger charge is -2.32. The lowest BCUT2D eigenvalue weighted by atomic mass is 10.1. The first-order valence-corrected chi connectivity index (χ1v) is 9.81. The molecule has 1 aliphatic heterocycles. The maximum Gasteiger partial charge on any atom is 0.257 e. The third kappa shape index (κ3) is 3.92. The summed E-state index contributed by atoms with van der Waals surface area (Å²) in [7, 11) is -3.05. The molecule has 128 valence electrons. The van der Waals surface area contributed by atoms with Gasteiger partial charge in [-0.3, -0.25) is 0 Å². The van der Waals surface area contributed by atoms with Gasteiger partial charge in [0.05, 0.1) is 11.9 Å². The predicted octanol–water partition coefficient (Wildman–Crippen LogP) is 1.63. The summed E-state index contributed by atoms with van der Waals surface area (Å²) in [5, 5.41) is 3.23. The highest BCUT2D eigenvalue weighted by Crippen LogP contribution is 2.32. The maximum atomic E-state index is 12.2. The first kappa shape index (κ1) is 16.4. The van der Waals surface area contributed by atoms with E-state index < -0.39 is 10.0 Å². The molecule has 0 spiro atoms. The van der Waals surface area contributed by atoms with Crippen molar-refractivity contribution < 1.29 is 13.2 Å². The fourth-order valence-electron chi connectivity index (χ4n) is 2.75. The van der Waals surface area contributed by atoms with Gasteiger partial charge in [0.2, 0.25) is 10.0 Å². The summed E-state index contributed by atoms with van der Waals surface area (Å²) in [6, 6.07) is 0.196. The van der Waals surface area contributed by atoms with Crippen LogP contribution in [0.25, 0.3) is 0 Å². The maximum absolute atomic E-state index is 12.2. The van der Waals surface area contributed by atoms with E-state index in [1.165, 1.54) is 0 Å². The number of sulfonamides is 1. The van der Waals surface area contributed by atoms with Crippen molar-refractivity contribution in [3.63, 3.8) is 0 Å². The van der Waals surface area contributed by atoms with Gasteiger partial charge in [0, 0.05) is 31.5 Å². The topological polar surface area (TPSA) is 84.4 Å². The van der Waals surface area contributed by atoms with Gasteiger partial charge in [-0.1, -0.05) is 6.92 Å². The molecule has 0 atom stereocenters. The van der Waals surface area contributed by atoms with Crippen LogP contribution in [0.1, 0.15) is 39.0 Å². The minimum Gasteiger partial charge on any atom is -0.475 e. The molecular weight excluding hydrogens is 316 g/mol. The third-order valence-electron chi connectivity index (χ3n) is 4.21. The summed E-state index contributed by atoms with van der Waals surface area (Å²) >= 11 is 0. The molecule has 23 heavy (non-hydrogen) atoms. The van der Waals surface area contributed by atoms with Gasteiger partial charge in [-0.25, -0.2) is 22.7 Å². The largest absolute Gasteiger partial charge is 0.475 e. The van der Waals surface area contributed by atoms with E-state index >= 15 is 0 Å². The van der Waals surface area contributed by atoms with E-state index in [9.17, 15) is 8.42 Å². The lowest BCUT2D eigenvalue weighted by Crippen LogP contribution is -2.43. The Morgan fingerprint density at radius 3 is 2.57 bits per heavy atom. The number of nitrogens with one attached hydrogen (secondary N) is 1. The number of aromatic nitrogens is 2. The van der Waals surface area contributed by atoms with Crippen molar-refractivity contribution in [2.75, 3.05) is 25.0 Å². The van der Waals surface area contributed by atoms with Crippen LogP contribution in [-0.2, 0) is 10.0 Å². The van der Waals surface area contributed by atoms with Gasteiger partial charge < -0.3 is 10.1 Å². The highest BCUT2D eigenvalue weighted by molar-refractivity contribution is 7.90. The summed E-state index contributed by atoms with van der Waals surface area (Å²) in [4.78, 5) is 8.52. The molecule has 1 aliphatic carbocycles. The molecule has 1 aromatic heterocycles. The van der Waals surface area contributed by atoms with Gasteiger partial charge in [0.1, 0.15) is 0 Å². The SMILES string of the molecule is CCCOc1nccnc1NC1CCN(S(=O)(=O)C2CC2)CC1. The first-order chi connectivity index (χ1) is 11.1. The number of piperidine rings is 1. The molecule has 1 aromatic rings. The molecule has 0 amide bonds. The molecule has 1 N–H and O–H groups in total. The van der Waals surface area contributed by atoms with Crippen LogP contribution >= 0.6 is 0 Å². The monoisotopic (exact) mass is 340 g/mol. The number of rotatable bonds is 7.